The Morgan fingerprint density at radius 2 is 1.65 bits per heavy atom. The second kappa shape index (κ2) is 6.88. The van der Waals surface area contributed by atoms with Crippen molar-refractivity contribution in [2.45, 2.75) is 0 Å². The van der Waals surface area contributed by atoms with Gasteiger partial charge in [-0.25, -0.2) is 9.37 Å². The Morgan fingerprint density at radius 1 is 0.742 bits per heavy atom. The molecule has 0 unspecified atom stereocenters. The largest absolute Gasteiger partial charge is 0.338 e. The van der Waals surface area contributed by atoms with E-state index in [0.29, 0.717) is 11.2 Å². The molecule has 5 nitrogen and oxygen atoms in total. The normalized spacial score (nSPS) is 11.4. The van der Waals surface area contributed by atoms with Crippen LogP contribution in [0.25, 0.3) is 55.7 Å². The first-order chi connectivity index (χ1) is 15.3. The van der Waals surface area contributed by atoms with Crippen molar-refractivity contribution in [1.29, 1.82) is 0 Å². The SMILES string of the molecule is Fc1ccccc1-c1ccnc2[nH]c(-c3n[nH]c4ccc(-c5ccccn5)cc34)cc12. The van der Waals surface area contributed by atoms with Gasteiger partial charge in [0, 0.05) is 34.3 Å². The molecule has 0 radical (unpaired) electrons. The van der Waals surface area contributed by atoms with E-state index in [9.17, 15) is 4.39 Å². The molecular weight excluding hydrogens is 389 g/mol. The predicted molar refractivity (Wildman–Crippen MR) is 120 cm³/mol. The van der Waals surface area contributed by atoms with E-state index in [-0.39, 0.29) is 5.82 Å². The van der Waals surface area contributed by atoms with Gasteiger partial charge in [-0.05, 0) is 48.0 Å². The van der Waals surface area contributed by atoms with Gasteiger partial charge in [-0.3, -0.25) is 10.1 Å². The van der Waals surface area contributed by atoms with Crippen LogP contribution in [0.3, 0.4) is 0 Å². The van der Waals surface area contributed by atoms with E-state index in [0.717, 1.165) is 44.5 Å². The second-order valence-corrected chi connectivity index (χ2v) is 7.33. The van der Waals surface area contributed by atoms with E-state index in [1.165, 1.54) is 6.07 Å². The zero-order valence-corrected chi connectivity index (χ0v) is 16.3. The summed E-state index contributed by atoms with van der Waals surface area (Å²) in [4.78, 5) is 12.2. The summed E-state index contributed by atoms with van der Waals surface area (Å²) < 4.78 is 14.4. The molecule has 148 valence electrons. The summed E-state index contributed by atoms with van der Waals surface area (Å²) in [6.45, 7) is 0. The zero-order valence-electron chi connectivity index (χ0n) is 16.3. The van der Waals surface area contributed by atoms with Crippen molar-refractivity contribution in [3.63, 3.8) is 0 Å². The molecule has 0 aliphatic carbocycles. The van der Waals surface area contributed by atoms with Gasteiger partial charge in [0.1, 0.15) is 17.2 Å². The molecule has 0 aliphatic rings. The first-order valence-corrected chi connectivity index (χ1v) is 9.90. The molecule has 6 heteroatoms. The number of rotatable bonds is 3. The Kier molecular flexibility index (Phi) is 3.89. The molecule has 0 aliphatic heterocycles. The quantitative estimate of drug-likeness (QED) is 0.381. The van der Waals surface area contributed by atoms with Crippen molar-refractivity contribution in [2.75, 3.05) is 0 Å². The van der Waals surface area contributed by atoms with E-state index in [2.05, 4.69) is 31.2 Å². The van der Waals surface area contributed by atoms with Crippen molar-refractivity contribution in [2.24, 2.45) is 0 Å². The van der Waals surface area contributed by atoms with Crippen LogP contribution in [0.15, 0.2) is 85.2 Å². The van der Waals surface area contributed by atoms with Gasteiger partial charge in [-0.15, -0.1) is 0 Å². The minimum absolute atomic E-state index is 0.261. The molecule has 0 amide bonds. The molecule has 4 heterocycles. The van der Waals surface area contributed by atoms with Crippen molar-refractivity contribution in [3.05, 3.63) is 91.0 Å². The van der Waals surface area contributed by atoms with Crippen molar-refractivity contribution in [1.82, 2.24) is 25.1 Å². The van der Waals surface area contributed by atoms with Gasteiger partial charge in [-0.1, -0.05) is 30.3 Å². The van der Waals surface area contributed by atoms with Gasteiger partial charge in [0.2, 0.25) is 0 Å². The number of benzene rings is 2. The second-order valence-electron chi connectivity index (χ2n) is 7.33. The summed E-state index contributed by atoms with van der Waals surface area (Å²) in [6.07, 6.45) is 3.47. The number of aromatic nitrogens is 5. The Hall–Kier alpha value is -4.32. The summed E-state index contributed by atoms with van der Waals surface area (Å²) in [5, 5.41) is 9.45. The summed E-state index contributed by atoms with van der Waals surface area (Å²) in [6, 6.07) is 22.5. The third kappa shape index (κ3) is 2.88. The fourth-order valence-corrected chi connectivity index (χ4v) is 3.98. The zero-order chi connectivity index (χ0) is 20.8. The molecule has 0 fully saturated rings. The number of fused-ring (bicyclic) bond motifs is 2. The lowest BCUT2D eigenvalue weighted by atomic mass is 10.0. The number of H-pyrrole nitrogens is 2. The van der Waals surface area contributed by atoms with E-state index >= 15 is 0 Å². The Bertz CT molecular complexity index is 1550. The van der Waals surface area contributed by atoms with E-state index in [1.807, 2.05) is 48.5 Å². The highest BCUT2D eigenvalue weighted by Crippen LogP contribution is 2.35. The lowest BCUT2D eigenvalue weighted by Gasteiger charge is -2.04. The third-order valence-corrected chi connectivity index (χ3v) is 5.47. The van der Waals surface area contributed by atoms with Gasteiger partial charge in [0.05, 0.1) is 16.9 Å². The fraction of sp³-hybridized carbons (Fsp3) is 0. The van der Waals surface area contributed by atoms with Gasteiger partial charge in [0.25, 0.3) is 0 Å². The first kappa shape index (κ1) is 17.5. The fourth-order valence-electron chi connectivity index (χ4n) is 3.98. The Labute approximate surface area is 176 Å². The highest BCUT2D eigenvalue weighted by atomic mass is 19.1. The minimum atomic E-state index is -0.261. The van der Waals surface area contributed by atoms with Crippen molar-refractivity contribution >= 4 is 21.9 Å². The lowest BCUT2D eigenvalue weighted by molar-refractivity contribution is 0.631. The van der Waals surface area contributed by atoms with Gasteiger partial charge >= 0.3 is 0 Å². The highest BCUT2D eigenvalue weighted by Gasteiger charge is 2.16. The summed E-state index contributed by atoms with van der Waals surface area (Å²) in [5.74, 6) is -0.261. The van der Waals surface area contributed by atoms with E-state index in [1.54, 1.807) is 24.5 Å². The molecule has 0 bridgehead atoms. The lowest BCUT2D eigenvalue weighted by Crippen LogP contribution is -1.85. The van der Waals surface area contributed by atoms with Crippen LogP contribution in [0.2, 0.25) is 0 Å². The summed E-state index contributed by atoms with van der Waals surface area (Å²) in [5.41, 5.74) is 6.46. The monoisotopic (exact) mass is 405 g/mol. The minimum Gasteiger partial charge on any atom is -0.338 e. The van der Waals surface area contributed by atoms with Crippen LogP contribution in [0.5, 0.6) is 0 Å². The molecule has 2 N–H and O–H groups in total. The van der Waals surface area contributed by atoms with Gasteiger partial charge in [-0.2, -0.15) is 5.10 Å². The molecule has 4 aromatic heterocycles. The van der Waals surface area contributed by atoms with Crippen LogP contribution in [0.4, 0.5) is 4.39 Å². The molecule has 0 atom stereocenters. The number of halogens is 1. The standard InChI is InChI=1S/C25H16FN5/c26-20-6-2-1-5-17(20)16-10-12-28-25-18(16)14-23(29-25)24-19-13-15(8-9-22(19)30-31-24)21-7-3-4-11-27-21/h1-14H,(H,28,29)(H,30,31). The smallest absolute Gasteiger partial charge is 0.138 e. The Morgan fingerprint density at radius 3 is 2.52 bits per heavy atom. The molecule has 0 saturated carbocycles. The van der Waals surface area contributed by atoms with Crippen molar-refractivity contribution < 1.29 is 4.39 Å². The van der Waals surface area contributed by atoms with E-state index < -0.39 is 0 Å². The van der Waals surface area contributed by atoms with Gasteiger partial charge < -0.3 is 4.98 Å². The summed E-state index contributed by atoms with van der Waals surface area (Å²) in [7, 11) is 0. The molecule has 6 rings (SSSR count). The predicted octanol–water partition coefficient (Wildman–Crippen LogP) is 5.97. The van der Waals surface area contributed by atoms with Crippen LogP contribution in [0, 0.1) is 5.82 Å². The summed E-state index contributed by atoms with van der Waals surface area (Å²) >= 11 is 0. The van der Waals surface area contributed by atoms with E-state index in [4.69, 9.17) is 0 Å². The average Bonchev–Trinajstić information content (AvgIpc) is 3.43. The average molecular weight is 405 g/mol. The van der Waals surface area contributed by atoms with Crippen LogP contribution in [-0.4, -0.2) is 25.1 Å². The molecule has 2 aromatic carbocycles. The maximum absolute atomic E-state index is 14.4. The number of hydrogen-bond donors (Lipinski definition) is 2. The van der Waals surface area contributed by atoms with Crippen LogP contribution < -0.4 is 0 Å². The number of nitrogens with zero attached hydrogens (tertiary/aromatic N) is 3. The molecular formula is C25H16FN5. The number of aromatic amines is 2. The highest BCUT2D eigenvalue weighted by molar-refractivity contribution is 6.00. The molecule has 0 saturated heterocycles. The molecule has 0 spiro atoms. The topological polar surface area (TPSA) is 70.2 Å². The maximum atomic E-state index is 14.4. The van der Waals surface area contributed by atoms with Crippen LogP contribution >= 0.6 is 0 Å². The Balaban J connectivity index is 1.53. The number of hydrogen-bond acceptors (Lipinski definition) is 3. The van der Waals surface area contributed by atoms with Gasteiger partial charge in [0.15, 0.2) is 0 Å². The number of nitrogens with one attached hydrogen (secondary N) is 2. The van der Waals surface area contributed by atoms with Crippen LogP contribution in [-0.2, 0) is 0 Å². The first-order valence-electron chi connectivity index (χ1n) is 9.90. The van der Waals surface area contributed by atoms with Crippen molar-refractivity contribution in [3.8, 4) is 33.8 Å². The third-order valence-electron chi connectivity index (χ3n) is 5.47. The molecule has 31 heavy (non-hydrogen) atoms. The number of pyridine rings is 2. The molecule has 6 aromatic rings. The maximum Gasteiger partial charge on any atom is 0.138 e. The van der Waals surface area contributed by atoms with Crippen LogP contribution in [0.1, 0.15) is 0 Å².